The Balaban J connectivity index is 1.66. The highest BCUT2D eigenvalue weighted by molar-refractivity contribution is 6.07. The van der Waals surface area contributed by atoms with Gasteiger partial charge in [-0.05, 0) is 50.9 Å². The average Bonchev–Trinajstić information content (AvgIpc) is 2.61. The first-order valence-electron chi connectivity index (χ1n) is 9.07. The Morgan fingerprint density at radius 2 is 2.00 bits per heavy atom. The number of rotatable bonds is 7. The molecule has 0 spiro atoms. The van der Waals surface area contributed by atoms with Gasteiger partial charge in [-0.25, -0.2) is 4.79 Å². The van der Waals surface area contributed by atoms with Gasteiger partial charge < -0.3 is 13.9 Å². The summed E-state index contributed by atoms with van der Waals surface area (Å²) in [6, 6.07) is 5.05. The molecule has 2 heterocycles. The standard InChI is InChI=1S/C20H25NO5/c1-14-13-18(23)26-20-16(14)5-6-17(19(20)15(2)22)25-10-4-3-7-21-8-11-24-12-9-21/h5-6,13H,3-4,7-12H2,1-2H3. The molecule has 6 nitrogen and oxygen atoms in total. The lowest BCUT2D eigenvalue weighted by atomic mass is 10.0. The summed E-state index contributed by atoms with van der Waals surface area (Å²) in [5.41, 5.74) is 0.987. The van der Waals surface area contributed by atoms with Crippen LogP contribution < -0.4 is 10.4 Å². The molecular weight excluding hydrogens is 334 g/mol. The van der Waals surface area contributed by atoms with Crippen LogP contribution in [0.4, 0.5) is 0 Å². The maximum atomic E-state index is 12.1. The number of ketones is 1. The van der Waals surface area contributed by atoms with Gasteiger partial charge in [0.05, 0.1) is 19.8 Å². The smallest absolute Gasteiger partial charge is 0.336 e. The van der Waals surface area contributed by atoms with Crippen LogP contribution in [0.2, 0.25) is 0 Å². The molecule has 1 saturated heterocycles. The molecule has 1 fully saturated rings. The third-order valence-corrected chi connectivity index (χ3v) is 4.66. The lowest BCUT2D eigenvalue weighted by Crippen LogP contribution is -2.36. The molecule has 2 aromatic rings. The van der Waals surface area contributed by atoms with Crippen LogP contribution in [0.15, 0.2) is 27.4 Å². The molecule has 0 bridgehead atoms. The van der Waals surface area contributed by atoms with Crippen LogP contribution in [0.3, 0.4) is 0 Å². The fourth-order valence-corrected chi connectivity index (χ4v) is 3.26. The maximum absolute atomic E-state index is 12.1. The topological polar surface area (TPSA) is 69.0 Å². The van der Waals surface area contributed by atoms with E-state index in [0.29, 0.717) is 23.5 Å². The predicted molar refractivity (Wildman–Crippen MR) is 99.2 cm³/mol. The zero-order chi connectivity index (χ0) is 18.5. The average molecular weight is 359 g/mol. The van der Waals surface area contributed by atoms with Gasteiger partial charge in [0.25, 0.3) is 0 Å². The summed E-state index contributed by atoms with van der Waals surface area (Å²) in [6.45, 7) is 8.42. The number of fused-ring (bicyclic) bond motifs is 1. The van der Waals surface area contributed by atoms with Crippen molar-refractivity contribution in [3.8, 4) is 5.75 Å². The van der Waals surface area contributed by atoms with Crippen molar-refractivity contribution in [1.29, 1.82) is 0 Å². The van der Waals surface area contributed by atoms with Gasteiger partial charge in [-0.1, -0.05) is 0 Å². The minimum atomic E-state index is -0.458. The summed E-state index contributed by atoms with van der Waals surface area (Å²) >= 11 is 0. The largest absolute Gasteiger partial charge is 0.493 e. The minimum absolute atomic E-state index is 0.173. The second-order valence-electron chi connectivity index (χ2n) is 6.63. The molecule has 3 rings (SSSR count). The fraction of sp³-hybridized carbons (Fsp3) is 0.500. The van der Waals surface area contributed by atoms with E-state index < -0.39 is 5.63 Å². The van der Waals surface area contributed by atoms with Crippen LogP contribution in [0.5, 0.6) is 5.75 Å². The van der Waals surface area contributed by atoms with Crippen molar-refractivity contribution < 1.29 is 18.7 Å². The Kier molecular flexibility index (Phi) is 6.06. The molecule has 6 heteroatoms. The summed E-state index contributed by atoms with van der Waals surface area (Å²) in [4.78, 5) is 26.2. The summed E-state index contributed by atoms with van der Waals surface area (Å²) in [5, 5.41) is 0.759. The van der Waals surface area contributed by atoms with Crippen molar-refractivity contribution in [3.63, 3.8) is 0 Å². The van der Waals surface area contributed by atoms with Gasteiger partial charge in [0.15, 0.2) is 11.4 Å². The number of hydrogen-bond donors (Lipinski definition) is 0. The Labute approximate surface area is 152 Å². The van der Waals surface area contributed by atoms with Gasteiger partial charge in [-0.3, -0.25) is 9.69 Å². The van der Waals surface area contributed by atoms with Gasteiger partial charge in [-0.15, -0.1) is 0 Å². The number of Topliss-reactive ketones (excluding diaryl/α,β-unsaturated/α-hetero) is 1. The molecule has 0 N–H and O–H groups in total. The number of carbonyl (C=O) groups excluding carboxylic acids is 1. The highest BCUT2D eigenvalue weighted by Gasteiger charge is 2.17. The van der Waals surface area contributed by atoms with Gasteiger partial charge >= 0.3 is 5.63 Å². The zero-order valence-corrected chi connectivity index (χ0v) is 15.4. The number of hydrogen-bond acceptors (Lipinski definition) is 6. The Bertz CT molecular complexity index is 836. The zero-order valence-electron chi connectivity index (χ0n) is 15.4. The molecule has 1 aliphatic heterocycles. The summed E-state index contributed by atoms with van der Waals surface area (Å²) < 4.78 is 16.5. The molecule has 0 radical (unpaired) electrons. The maximum Gasteiger partial charge on any atom is 0.336 e. The van der Waals surface area contributed by atoms with Crippen LogP contribution in [0.25, 0.3) is 11.0 Å². The Morgan fingerprint density at radius 1 is 1.23 bits per heavy atom. The number of carbonyl (C=O) groups is 1. The van der Waals surface area contributed by atoms with Crippen LogP contribution in [0, 0.1) is 6.92 Å². The van der Waals surface area contributed by atoms with E-state index in [1.165, 1.54) is 13.0 Å². The predicted octanol–water partition coefficient (Wildman–Crippen LogP) is 2.80. The number of ether oxygens (including phenoxy) is 2. The Hall–Kier alpha value is -2.18. The molecule has 0 unspecified atom stereocenters. The number of benzene rings is 1. The van der Waals surface area contributed by atoms with E-state index in [9.17, 15) is 9.59 Å². The van der Waals surface area contributed by atoms with E-state index in [0.717, 1.165) is 56.6 Å². The van der Waals surface area contributed by atoms with Crippen molar-refractivity contribution in [3.05, 3.63) is 39.7 Å². The SMILES string of the molecule is CC(=O)c1c(OCCCCN2CCOCC2)ccc2c(C)cc(=O)oc12. The normalized spacial score (nSPS) is 15.3. The van der Waals surface area contributed by atoms with Crippen molar-refractivity contribution >= 4 is 16.8 Å². The van der Waals surface area contributed by atoms with Crippen LogP contribution >= 0.6 is 0 Å². The number of nitrogens with zero attached hydrogens (tertiary/aromatic N) is 1. The third-order valence-electron chi connectivity index (χ3n) is 4.66. The van der Waals surface area contributed by atoms with Crippen LogP contribution in [0.1, 0.15) is 35.7 Å². The summed E-state index contributed by atoms with van der Waals surface area (Å²) in [7, 11) is 0. The Morgan fingerprint density at radius 3 is 2.73 bits per heavy atom. The van der Waals surface area contributed by atoms with E-state index >= 15 is 0 Å². The van der Waals surface area contributed by atoms with Crippen molar-refractivity contribution in [1.82, 2.24) is 4.90 Å². The third kappa shape index (κ3) is 4.31. The lowest BCUT2D eigenvalue weighted by Gasteiger charge is -2.26. The van der Waals surface area contributed by atoms with Gasteiger partial charge in [0.2, 0.25) is 0 Å². The first kappa shape index (κ1) is 18.6. The molecular formula is C20H25NO5. The van der Waals surface area contributed by atoms with Crippen molar-refractivity contribution in [2.75, 3.05) is 39.5 Å². The van der Waals surface area contributed by atoms with Crippen molar-refractivity contribution in [2.45, 2.75) is 26.7 Å². The summed E-state index contributed by atoms with van der Waals surface area (Å²) in [5.74, 6) is 0.304. The van der Waals surface area contributed by atoms with E-state index in [2.05, 4.69) is 4.90 Å². The van der Waals surface area contributed by atoms with Gasteiger partial charge in [0.1, 0.15) is 11.3 Å². The molecule has 1 aliphatic rings. The van der Waals surface area contributed by atoms with Crippen LogP contribution in [-0.4, -0.2) is 50.1 Å². The quantitative estimate of drug-likeness (QED) is 0.430. The monoisotopic (exact) mass is 359 g/mol. The van der Waals surface area contributed by atoms with Crippen molar-refractivity contribution in [2.24, 2.45) is 0 Å². The number of unbranched alkanes of at least 4 members (excludes halogenated alkanes) is 1. The lowest BCUT2D eigenvalue weighted by molar-refractivity contribution is 0.0368. The van der Waals surface area contributed by atoms with E-state index in [1.807, 2.05) is 13.0 Å². The van der Waals surface area contributed by atoms with E-state index in [4.69, 9.17) is 13.9 Å². The number of aryl methyl sites for hydroxylation is 1. The highest BCUT2D eigenvalue weighted by atomic mass is 16.5. The van der Waals surface area contributed by atoms with Crippen LogP contribution in [-0.2, 0) is 4.74 Å². The fourth-order valence-electron chi connectivity index (χ4n) is 3.26. The summed E-state index contributed by atoms with van der Waals surface area (Å²) in [6.07, 6.45) is 1.92. The first-order valence-corrected chi connectivity index (χ1v) is 9.07. The molecule has 1 aromatic heterocycles. The second-order valence-corrected chi connectivity index (χ2v) is 6.63. The number of morpholine rings is 1. The highest BCUT2D eigenvalue weighted by Crippen LogP contribution is 2.29. The first-order chi connectivity index (χ1) is 12.6. The van der Waals surface area contributed by atoms with Gasteiger partial charge in [0, 0.05) is 24.5 Å². The van der Waals surface area contributed by atoms with E-state index in [-0.39, 0.29) is 5.78 Å². The molecule has 0 saturated carbocycles. The molecule has 0 atom stereocenters. The van der Waals surface area contributed by atoms with Gasteiger partial charge in [-0.2, -0.15) is 0 Å². The molecule has 1 aromatic carbocycles. The molecule has 0 aliphatic carbocycles. The second kappa shape index (κ2) is 8.47. The molecule has 140 valence electrons. The molecule has 0 amide bonds. The minimum Gasteiger partial charge on any atom is -0.493 e. The molecule has 26 heavy (non-hydrogen) atoms. The van der Waals surface area contributed by atoms with E-state index in [1.54, 1.807) is 6.07 Å².